The Bertz CT molecular complexity index is 337. The van der Waals surface area contributed by atoms with Crippen LogP contribution in [0.3, 0.4) is 0 Å². The first kappa shape index (κ1) is 15.7. The lowest BCUT2D eigenvalue weighted by Gasteiger charge is -2.37. The van der Waals surface area contributed by atoms with Crippen LogP contribution in [0.5, 0.6) is 0 Å². The molecular weight excluding hydrogens is 256 g/mol. The van der Waals surface area contributed by atoms with E-state index in [1.807, 2.05) is 0 Å². The largest absolute Gasteiger partial charge is 0.468 e. The predicted molar refractivity (Wildman–Crippen MR) is 77.4 cm³/mol. The Kier molecular flexibility index (Phi) is 5.41. The lowest BCUT2D eigenvalue weighted by molar-refractivity contribution is -0.148. The molecule has 3 atom stereocenters. The van der Waals surface area contributed by atoms with E-state index in [1.165, 1.54) is 7.11 Å². The molecule has 1 aliphatic carbocycles. The van der Waals surface area contributed by atoms with E-state index in [4.69, 9.17) is 15.2 Å². The molecule has 0 amide bonds. The summed E-state index contributed by atoms with van der Waals surface area (Å²) < 4.78 is 10.4. The summed E-state index contributed by atoms with van der Waals surface area (Å²) in [5.74, 6) is 0.00400. The second-order valence-corrected chi connectivity index (χ2v) is 6.08. The van der Waals surface area contributed by atoms with Gasteiger partial charge in [0.15, 0.2) is 0 Å². The van der Waals surface area contributed by atoms with Gasteiger partial charge in [-0.05, 0) is 38.1 Å². The van der Waals surface area contributed by atoms with Crippen LogP contribution in [0.4, 0.5) is 0 Å². The van der Waals surface area contributed by atoms with Crippen LogP contribution in [-0.2, 0) is 14.3 Å². The van der Waals surface area contributed by atoms with Gasteiger partial charge in [-0.2, -0.15) is 0 Å². The minimum Gasteiger partial charge on any atom is -0.468 e. The Labute approximate surface area is 121 Å². The molecule has 1 saturated carbocycles. The lowest BCUT2D eigenvalue weighted by Crippen LogP contribution is -2.53. The fourth-order valence-corrected chi connectivity index (χ4v) is 3.64. The molecule has 1 heterocycles. The Balaban J connectivity index is 1.90. The molecule has 2 aliphatic rings. The van der Waals surface area contributed by atoms with E-state index >= 15 is 0 Å². The maximum atomic E-state index is 11.9. The minimum atomic E-state index is -0.761. The maximum absolute atomic E-state index is 11.9. The number of hydrogen-bond donors (Lipinski definition) is 1. The van der Waals surface area contributed by atoms with Crippen LogP contribution in [0.25, 0.3) is 0 Å². The van der Waals surface area contributed by atoms with Gasteiger partial charge >= 0.3 is 5.97 Å². The normalized spacial score (nSPS) is 35.1. The summed E-state index contributed by atoms with van der Waals surface area (Å²) in [4.78, 5) is 14.4. The Hall–Kier alpha value is -0.650. The van der Waals surface area contributed by atoms with Gasteiger partial charge in [0.25, 0.3) is 0 Å². The van der Waals surface area contributed by atoms with E-state index in [1.54, 1.807) is 0 Å². The smallest absolute Gasteiger partial charge is 0.326 e. The molecule has 1 saturated heterocycles. The van der Waals surface area contributed by atoms with Crippen molar-refractivity contribution in [3.05, 3.63) is 0 Å². The van der Waals surface area contributed by atoms with E-state index in [-0.39, 0.29) is 11.9 Å². The highest BCUT2D eigenvalue weighted by atomic mass is 16.5. The van der Waals surface area contributed by atoms with Gasteiger partial charge in [0.1, 0.15) is 5.54 Å². The highest BCUT2D eigenvalue weighted by molar-refractivity contribution is 5.81. The monoisotopic (exact) mass is 284 g/mol. The Morgan fingerprint density at radius 3 is 3.05 bits per heavy atom. The first-order valence-electron chi connectivity index (χ1n) is 7.81. The first-order valence-corrected chi connectivity index (χ1v) is 7.81. The number of carbonyl (C=O) groups is 1. The van der Waals surface area contributed by atoms with E-state index in [2.05, 4.69) is 11.8 Å². The summed E-state index contributed by atoms with van der Waals surface area (Å²) in [5.41, 5.74) is 5.56. The van der Waals surface area contributed by atoms with Gasteiger partial charge in [0.2, 0.25) is 0 Å². The van der Waals surface area contributed by atoms with Crippen molar-refractivity contribution in [2.45, 2.75) is 50.6 Å². The second kappa shape index (κ2) is 6.87. The standard InChI is InChI=1S/C15H28N2O3/c1-3-13-11-20-10-9-17(13)8-6-12-5-4-7-15(12,16)14(18)19-2/h12-13H,3-11,16H2,1-2H3. The maximum Gasteiger partial charge on any atom is 0.326 e. The summed E-state index contributed by atoms with van der Waals surface area (Å²) in [6.45, 7) is 5.82. The van der Waals surface area contributed by atoms with Crippen LogP contribution >= 0.6 is 0 Å². The number of esters is 1. The first-order chi connectivity index (χ1) is 9.61. The van der Waals surface area contributed by atoms with Gasteiger partial charge in [-0.1, -0.05) is 13.3 Å². The van der Waals surface area contributed by atoms with E-state index in [0.717, 1.165) is 58.4 Å². The third-order valence-electron chi connectivity index (χ3n) is 5.02. The van der Waals surface area contributed by atoms with Crippen molar-refractivity contribution in [2.75, 3.05) is 33.4 Å². The molecule has 2 fully saturated rings. The number of ether oxygens (including phenoxy) is 2. The van der Waals surface area contributed by atoms with Crippen molar-refractivity contribution >= 4 is 5.97 Å². The van der Waals surface area contributed by atoms with Crippen molar-refractivity contribution in [1.29, 1.82) is 0 Å². The lowest BCUT2D eigenvalue weighted by atomic mass is 9.85. The Morgan fingerprint density at radius 2 is 2.35 bits per heavy atom. The summed E-state index contributed by atoms with van der Waals surface area (Å²) in [7, 11) is 1.43. The molecule has 0 aromatic rings. The van der Waals surface area contributed by atoms with E-state index < -0.39 is 5.54 Å². The molecule has 0 bridgehead atoms. The molecule has 0 aromatic heterocycles. The number of methoxy groups -OCH3 is 1. The van der Waals surface area contributed by atoms with Crippen LogP contribution < -0.4 is 5.73 Å². The number of rotatable bonds is 5. The number of hydrogen-bond acceptors (Lipinski definition) is 5. The molecule has 5 nitrogen and oxygen atoms in total. The molecule has 0 radical (unpaired) electrons. The van der Waals surface area contributed by atoms with Gasteiger partial charge in [-0.25, -0.2) is 0 Å². The number of carbonyl (C=O) groups excluding carboxylic acids is 1. The van der Waals surface area contributed by atoms with Gasteiger partial charge < -0.3 is 15.2 Å². The highest BCUT2D eigenvalue weighted by Gasteiger charge is 2.46. The molecule has 2 rings (SSSR count). The van der Waals surface area contributed by atoms with Crippen LogP contribution in [0, 0.1) is 5.92 Å². The zero-order valence-electron chi connectivity index (χ0n) is 12.8. The summed E-state index contributed by atoms with van der Waals surface area (Å²) >= 11 is 0. The highest BCUT2D eigenvalue weighted by Crippen LogP contribution is 2.37. The van der Waals surface area contributed by atoms with Crippen molar-refractivity contribution in [3.63, 3.8) is 0 Å². The molecule has 0 aromatic carbocycles. The Morgan fingerprint density at radius 1 is 1.55 bits per heavy atom. The average Bonchev–Trinajstić information content (AvgIpc) is 2.86. The number of nitrogens with zero attached hydrogens (tertiary/aromatic N) is 1. The van der Waals surface area contributed by atoms with E-state index in [0.29, 0.717) is 6.04 Å². The predicted octanol–water partition coefficient (Wildman–Crippen LogP) is 1.16. The molecule has 5 heteroatoms. The third kappa shape index (κ3) is 3.15. The van der Waals surface area contributed by atoms with Crippen molar-refractivity contribution in [1.82, 2.24) is 4.90 Å². The molecule has 116 valence electrons. The molecule has 2 N–H and O–H groups in total. The number of nitrogens with two attached hydrogens (primary N) is 1. The van der Waals surface area contributed by atoms with Gasteiger partial charge in [-0.3, -0.25) is 9.69 Å². The zero-order valence-corrected chi connectivity index (χ0v) is 12.8. The van der Waals surface area contributed by atoms with Crippen molar-refractivity contribution in [2.24, 2.45) is 11.7 Å². The van der Waals surface area contributed by atoms with E-state index in [9.17, 15) is 4.79 Å². The quantitative estimate of drug-likeness (QED) is 0.767. The zero-order chi connectivity index (χ0) is 14.6. The molecular formula is C15H28N2O3. The van der Waals surface area contributed by atoms with Gasteiger partial charge in [0, 0.05) is 12.6 Å². The van der Waals surface area contributed by atoms with Crippen LogP contribution in [-0.4, -0.2) is 55.9 Å². The summed E-state index contributed by atoms with van der Waals surface area (Å²) in [6.07, 6.45) is 4.89. The van der Waals surface area contributed by atoms with Crippen LogP contribution in [0.2, 0.25) is 0 Å². The second-order valence-electron chi connectivity index (χ2n) is 6.08. The third-order valence-corrected chi connectivity index (χ3v) is 5.02. The van der Waals surface area contributed by atoms with Gasteiger partial charge in [0.05, 0.1) is 20.3 Å². The summed E-state index contributed by atoms with van der Waals surface area (Å²) in [6, 6.07) is 0.510. The van der Waals surface area contributed by atoms with Crippen LogP contribution in [0.15, 0.2) is 0 Å². The molecule has 0 spiro atoms. The minimum absolute atomic E-state index is 0.242. The summed E-state index contributed by atoms with van der Waals surface area (Å²) in [5, 5.41) is 0. The number of morpholine rings is 1. The average molecular weight is 284 g/mol. The molecule has 3 unspecified atom stereocenters. The fraction of sp³-hybridized carbons (Fsp3) is 0.933. The SMILES string of the molecule is CCC1COCCN1CCC1CCCC1(N)C(=O)OC. The molecule has 20 heavy (non-hydrogen) atoms. The van der Waals surface area contributed by atoms with Crippen molar-refractivity contribution in [3.8, 4) is 0 Å². The molecule has 1 aliphatic heterocycles. The fourth-order valence-electron chi connectivity index (χ4n) is 3.64. The topological polar surface area (TPSA) is 64.8 Å². The van der Waals surface area contributed by atoms with Crippen molar-refractivity contribution < 1.29 is 14.3 Å². The van der Waals surface area contributed by atoms with Gasteiger partial charge in [-0.15, -0.1) is 0 Å². The van der Waals surface area contributed by atoms with Crippen LogP contribution in [0.1, 0.15) is 39.0 Å².